The number of phenols is 1. The molecule has 3 aromatic carbocycles. The molecule has 40 heavy (non-hydrogen) atoms. The van der Waals surface area contributed by atoms with Gasteiger partial charge in [0.25, 0.3) is 5.91 Å². The van der Waals surface area contributed by atoms with Gasteiger partial charge in [-0.3, -0.25) is 9.59 Å². The van der Waals surface area contributed by atoms with E-state index in [1.807, 2.05) is 37.3 Å². The van der Waals surface area contributed by atoms with Gasteiger partial charge in [0.1, 0.15) is 12.4 Å². The van der Waals surface area contributed by atoms with E-state index in [-0.39, 0.29) is 17.1 Å². The molecular weight excluding hydrogens is 508 g/mol. The summed E-state index contributed by atoms with van der Waals surface area (Å²) in [5.74, 6) is -1.27. The summed E-state index contributed by atoms with van der Waals surface area (Å²) in [5.41, 5.74) is 2.47. The molecule has 0 aliphatic carbocycles. The average molecular weight is 545 g/mol. The van der Waals surface area contributed by atoms with Crippen LogP contribution in [-0.2, 0) is 16.2 Å². The van der Waals surface area contributed by atoms with Gasteiger partial charge >= 0.3 is 0 Å². The van der Waals surface area contributed by atoms with Gasteiger partial charge in [-0.05, 0) is 67.3 Å². The molecule has 0 bridgehead atoms. The number of methoxy groups -OCH3 is 1. The van der Waals surface area contributed by atoms with E-state index in [1.165, 1.54) is 23.0 Å². The maximum Gasteiger partial charge on any atom is 0.295 e. The molecule has 0 saturated carbocycles. The third kappa shape index (κ3) is 5.97. The van der Waals surface area contributed by atoms with E-state index in [0.717, 1.165) is 24.2 Å². The number of carbonyl (C=O) groups excluding carboxylic acids is 2. The van der Waals surface area contributed by atoms with Gasteiger partial charge in [-0.15, -0.1) is 0 Å². The second-order valence-electron chi connectivity index (χ2n) is 9.87. The summed E-state index contributed by atoms with van der Waals surface area (Å²) < 4.78 is 11.2. The number of phenolic OH excluding ortho intramolecular Hbond substituents is 1. The van der Waals surface area contributed by atoms with Crippen molar-refractivity contribution in [2.45, 2.75) is 33.4 Å². The highest BCUT2D eigenvalue weighted by molar-refractivity contribution is 6.46. The van der Waals surface area contributed by atoms with Crippen LogP contribution in [0.4, 0.5) is 0 Å². The maximum atomic E-state index is 13.9. The van der Waals surface area contributed by atoms with E-state index in [2.05, 4.69) is 13.8 Å². The van der Waals surface area contributed by atoms with Crippen molar-refractivity contribution in [3.05, 3.63) is 94.6 Å². The van der Waals surface area contributed by atoms with Crippen molar-refractivity contribution in [1.82, 2.24) is 4.90 Å². The highest BCUT2D eigenvalue weighted by Gasteiger charge is 2.44. The molecule has 1 saturated heterocycles. The zero-order chi connectivity index (χ0) is 28.8. The van der Waals surface area contributed by atoms with Crippen molar-refractivity contribution < 1.29 is 34.2 Å². The third-order valence-electron chi connectivity index (χ3n) is 7.43. The van der Waals surface area contributed by atoms with Gasteiger partial charge in [-0.25, -0.2) is 0 Å². The molecule has 1 atom stereocenters. The first-order valence-electron chi connectivity index (χ1n) is 13.5. The number of carbonyl (C=O) groups is 2. The molecule has 2 N–H and O–H groups in total. The van der Waals surface area contributed by atoms with Crippen molar-refractivity contribution in [2.75, 3.05) is 33.3 Å². The second-order valence-corrected chi connectivity index (χ2v) is 9.87. The summed E-state index contributed by atoms with van der Waals surface area (Å²) in [5, 5.41) is 24.0. The lowest BCUT2D eigenvalue weighted by molar-refractivity contribution is -0.895. The van der Waals surface area contributed by atoms with Crippen molar-refractivity contribution >= 4 is 17.4 Å². The van der Waals surface area contributed by atoms with Crippen LogP contribution in [0.3, 0.4) is 0 Å². The molecule has 0 aromatic heterocycles. The fourth-order valence-corrected chi connectivity index (χ4v) is 5.04. The molecule has 0 spiro atoms. The predicted octanol–water partition coefficient (Wildman–Crippen LogP) is 2.44. The Morgan fingerprint density at radius 2 is 1.73 bits per heavy atom. The lowest BCUT2D eigenvalue weighted by atomic mass is 9.94. The Kier molecular flexibility index (Phi) is 9.11. The van der Waals surface area contributed by atoms with E-state index in [9.17, 15) is 19.8 Å². The Labute approximate surface area is 235 Å². The lowest BCUT2D eigenvalue weighted by Gasteiger charge is -2.29. The summed E-state index contributed by atoms with van der Waals surface area (Å²) >= 11 is 0. The quantitative estimate of drug-likeness (QED) is 0.218. The van der Waals surface area contributed by atoms with Gasteiger partial charge < -0.3 is 29.5 Å². The molecule has 210 valence electrons. The number of benzene rings is 3. The molecular formula is C32H36N2O6. The summed E-state index contributed by atoms with van der Waals surface area (Å²) in [4.78, 5) is 29.4. The second kappa shape index (κ2) is 12.7. The number of nitrogens with one attached hydrogen (secondary N) is 1. The van der Waals surface area contributed by atoms with Crippen molar-refractivity contribution in [3.8, 4) is 17.2 Å². The largest absolute Gasteiger partial charge is 0.872 e. The number of aromatic hydroxyl groups is 1. The smallest absolute Gasteiger partial charge is 0.295 e. The third-order valence-corrected chi connectivity index (χ3v) is 7.43. The number of ketones is 1. The van der Waals surface area contributed by atoms with Crippen molar-refractivity contribution in [2.24, 2.45) is 0 Å². The van der Waals surface area contributed by atoms with E-state index in [1.54, 1.807) is 30.3 Å². The first-order valence-corrected chi connectivity index (χ1v) is 13.5. The SMILES string of the molecule is CC[NH+](CC)CCN1C(=O)C(=O)/C(=C(/[O-])c2ccc(OCc3ccccc3)c(C)c2)C1c1ccc(O)c(OC)c1. The Balaban J connectivity index is 1.72. The van der Waals surface area contributed by atoms with E-state index >= 15 is 0 Å². The number of aryl methyl sites for hydroxylation is 1. The van der Waals surface area contributed by atoms with Crippen molar-refractivity contribution in [1.29, 1.82) is 0 Å². The van der Waals surface area contributed by atoms with E-state index in [0.29, 0.717) is 36.6 Å². The molecule has 8 nitrogen and oxygen atoms in total. The number of amides is 1. The number of Topliss-reactive ketones (excluding diaryl/α,β-unsaturated/α-hetero) is 1. The molecule has 0 radical (unpaired) electrons. The fraction of sp³-hybridized carbons (Fsp3) is 0.312. The normalized spacial score (nSPS) is 16.5. The lowest BCUT2D eigenvalue weighted by Crippen LogP contribution is -3.12. The summed E-state index contributed by atoms with van der Waals surface area (Å²) in [7, 11) is 1.42. The van der Waals surface area contributed by atoms with Crippen LogP contribution >= 0.6 is 0 Å². The molecule has 1 aliphatic rings. The van der Waals surface area contributed by atoms with Gasteiger partial charge in [0.2, 0.25) is 5.78 Å². The van der Waals surface area contributed by atoms with Gasteiger partial charge in [0.15, 0.2) is 11.5 Å². The fourth-order valence-electron chi connectivity index (χ4n) is 5.04. The highest BCUT2D eigenvalue weighted by atomic mass is 16.5. The van der Waals surface area contributed by atoms with Gasteiger partial charge in [0, 0.05) is 5.57 Å². The first kappa shape index (κ1) is 28.7. The summed E-state index contributed by atoms with van der Waals surface area (Å²) in [6.45, 7) is 9.03. The summed E-state index contributed by atoms with van der Waals surface area (Å²) in [6.07, 6.45) is 0. The minimum absolute atomic E-state index is 0.0735. The number of hydrogen-bond acceptors (Lipinski definition) is 6. The number of rotatable bonds is 11. The van der Waals surface area contributed by atoms with Gasteiger partial charge in [-0.2, -0.15) is 0 Å². The van der Waals surface area contributed by atoms with Crippen LogP contribution in [-0.4, -0.2) is 55.0 Å². The van der Waals surface area contributed by atoms with Gasteiger partial charge in [-0.1, -0.05) is 48.2 Å². The highest BCUT2D eigenvalue weighted by Crippen LogP contribution is 2.41. The Morgan fingerprint density at radius 1 is 1.00 bits per heavy atom. The Hall–Kier alpha value is -4.30. The maximum absolute atomic E-state index is 13.9. The zero-order valence-corrected chi connectivity index (χ0v) is 23.4. The summed E-state index contributed by atoms with van der Waals surface area (Å²) in [6, 6.07) is 18.5. The molecule has 8 heteroatoms. The molecule has 1 heterocycles. The zero-order valence-electron chi connectivity index (χ0n) is 23.4. The monoisotopic (exact) mass is 544 g/mol. The van der Waals surface area contributed by atoms with Crippen LogP contribution in [0.2, 0.25) is 0 Å². The van der Waals surface area contributed by atoms with Crippen molar-refractivity contribution in [3.63, 3.8) is 0 Å². The van der Waals surface area contributed by atoms with Crippen LogP contribution in [0, 0.1) is 6.92 Å². The molecule has 3 aromatic rings. The number of ether oxygens (including phenoxy) is 2. The predicted molar refractivity (Wildman–Crippen MR) is 150 cm³/mol. The standard InChI is InChI=1S/C32H36N2O6/c1-5-33(6-2)16-17-34-29(23-12-14-25(35)27(19-23)39-4)28(31(37)32(34)38)30(36)24-13-15-26(21(3)18-24)40-20-22-10-8-7-9-11-22/h7-15,18-19,29,35-36H,5-6,16-17,20H2,1-4H3/b30-28+. The molecule has 1 aliphatic heterocycles. The minimum atomic E-state index is -0.897. The molecule has 1 fully saturated rings. The first-order chi connectivity index (χ1) is 19.3. The number of nitrogens with zero attached hydrogens (tertiary/aromatic N) is 1. The van der Waals surface area contributed by atoms with E-state index in [4.69, 9.17) is 9.47 Å². The van der Waals surface area contributed by atoms with Crippen LogP contribution in [0.5, 0.6) is 17.2 Å². The number of likely N-dealkylation sites (N-methyl/N-ethyl adjacent to an activating group) is 1. The minimum Gasteiger partial charge on any atom is -0.872 e. The van der Waals surface area contributed by atoms with E-state index < -0.39 is 23.5 Å². The number of likely N-dealkylation sites (tertiary alicyclic amines) is 1. The topological polar surface area (TPSA) is 104 Å². The van der Waals surface area contributed by atoms with Crippen LogP contribution in [0.15, 0.2) is 72.3 Å². The Bertz CT molecular complexity index is 1400. The average Bonchev–Trinajstić information content (AvgIpc) is 3.22. The number of hydrogen-bond donors (Lipinski definition) is 2. The molecule has 4 rings (SSSR count). The molecule has 1 unspecified atom stereocenters. The molecule has 1 amide bonds. The Morgan fingerprint density at radius 3 is 2.38 bits per heavy atom. The van der Waals surface area contributed by atoms with Gasteiger partial charge in [0.05, 0.1) is 39.3 Å². The van der Waals surface area contributed by atoms with Crippen LogP contribution in [0.1, 0.15) is 42.1 Å². The van der Waals surface area contributed by atoms with Crippen LogP contribution in [0.25, 0.3) is 5.76 Å². The number of quaternary nitrogens is 1. The van der Waals surface area contributed by atoms with Crippen LogP contribution < -0.4 is 19.5 Å².